The molecule has 0 saturated carbocycles. The minimum Gasteiger partial charge on any atom is -0.310 e. The van der Waals surface area contributed by atoms with Crippen LogP contribution >= 0.6 is 0 Å². The molecule has 0 atom stereocenters. The van der Waals surface area contributed by atoms with Gasteiger partial charge in [-0.2, -0.15) is 0 Å². The minimum atomic E-state index is -3.69. The number of rotatable bonds is 5. The average Bonchev–Trinajstić information content (AvgIpc) is 3.02. The summed E-state index contributed by atoms with van der Waals surface area (Å²) in [7, 11) is -3.69. The molecule has 26 heavy (non-hydrogen) atoms. The van der Waals surface area contributed by atoms with Gasteiger partial charge in [0.15, 0.2) is 5.78 Å². The van der Waals surface area contributed by atoms with Crippen molar-refractivity contribution in [2.45, 2.75) is 13.3 Å². The first kappa shape index (κ1) is 18.1. The van der Waals surface area contributed by atoms with Gasteiger partial charge in [0.25, 0.3) is 0 Å². The van der Waals surface area contributed by atoms with Gasteiger partial charge in [-0.1, -0.05) is 30.3 Å². The van der Waals surface area contributed by atoms with Crippen molar-refractivity contribution >= 4 is 33.1 Å². The molecule has 2 aromatic rings. The Balaban J connectivity index is 1.90. The van der Waals surface area contributed by atoms with Crippen LogP contribution in [0.4, 0.5) is 11.4 Å². The molecule has 1 amide bonds. The molecular weight excluding hydrogens is 352 g/mol. The number of Topliss-reactive ketones (excluding diaryl/α,β-unsaturated/α-hetero) is 1. The number of amides is 1. The van der Waals surface area contributed by atoms with Crippen LogP contribution in [0.3, 0.4) is 0 Å². The molecule has 0 spiro atoms. The summed E-state index contributed by atoms with van der Waals surface area (Å²) in [6.45, 7) is 1.63. The first-order chi connectivity index (χ1) is 12.3. The highest BCUT2D eigenvalue weighted by Crippen LogP contribution is 2.28. The summed E-state index contributed by atoms with van der Waals surface area (Å²) in [6.07, 6.45) is 1.80. The summed E-state index contributed by atoms with van der Waals surface area (Å²) in [5, 5.41) is 0. The lowest BCUT2D eigenvalue weighted by atomic mass is 10.1. The maximum Gasteiger partial charge on any atom is 0.247 e. The zero-order valence-electron chi connectivity index (χ0n) is 14.7. The Labute approximate surface area is 153 Å². The van der Waals surface area contributed by atoms with Crippen molar-refractivity contribution in [2.75, 3.05) is 28.6 Å². The van der Waals surface area contributed by atoms with Crippen LogP contribution in [0, 0.1) is 0 Å². The second-order valence-corrected chi connectivity index (χ2v) is 8.21. The first-order valence-corrected chi connectivity index (χ1v) is 10.1. The summed E-state index contributed by atoms with van der Waals surface area (Å²) < 4.78 is 25.6. The van der Waals surface area contributed by atoms with Crippen molar-refractivity contribution in [1.29, 1.82) is 0 Å². The summed E-state index contributed by atoms with van der Waals surface area (Å²) >= 11 is 0. The maximum atomic E-state index is 12.8. The number of hydrogen-bond donors (Lipinski definition) is 0. The van der Waals surface area contributed by atoms with Gasteiger partial charge >= 0.3 is 0 Å². The highest BCUT2D eigenvalue weighted by atomic mass is 32.2. The number of ketones is 1. The van der Waals surface area contributed by atoms with Crippen molar-refractivity contribution in [2.24, 2.45) is 0 Å². The predicted molar refractivity (Wildman–Crippen MR) is 101 cm³/mol. The monoisotopic (exact) mass is 372 g/mol. The summed E-state index contributed by atoms with van der Waals surface area (Å²) in [6, 6.07) is 13.9. The molecule has 0 bridgehead atoms. The molecule has 1 heterocycles. The molecule has 0 saturated heterocycles. The minimum absolute atomic E-state index is 0.167. The Hall–Kier alpha value is -2.67. The molecule has 136 valence electrons. The van der Waals surface area contributed by atoms with Crippen molar-refractivity contribution in [3.8, 4) is 0 Å². The molecule has 7 heteroatoms. The number of sulfonamides is 1. The lowest BCUT2D eigenvalue weighted by Gasteiger charge is -2.25. The third-order valence-corrected chi connectivity index (χ3v) is 5.55. The van der Waals surface area contributed by atoms with Crippen LogP contribution in [0.5, 0.6) is 0 Å². The molecule has 3 rings (SSSR count). The Morgan fingerprint density at radius 3 is 2.54 bits per heavy atom. The zero-order valence-corrected chi connectivity index (χ0v) is 15.5. The molecule has 0 N–H and O–H groups in total. The van der Waals surface area contributed by atoms with Crippen molar-refractivity contribution < 1.29 is 18.0 Å². The van der Waals surface area contributed by atoms with E-state index in [1.807, 2.05) is 24.3 Å². The highest BCUT2D eigenvalue weighted by Gasteiger charge is 2.28. The van der Waals surface area contributed by atoms with E-state index in [0.717, 1.165) is 28.2 Å². The van der Waals surface area contributed by atoms with Gasteiger partial charge in [-0.15, -0.1) is 0 Å². The van der Waals surface area contributed by atoms with Crippen LogP contribution in [-0.4, -0.2) is 39.5 Å². The van der Waals surface area contributed by atoms with E-state index >= 15 is 0 Å². The van der Waals surface area contributed by atoms with Crippen LogP contribution in [0.15, 0.2) is 48.5 Å². The van der Waals surface area contributed by atoms with E-state index in [-0.39, 0.29) is 18.2 Å². The van der Waals surface area contributed by atoms with E-state index in [2.05, 4.69) is 0 Å². The highest BCUT2D eigenvalue weighted by molar-refractivity contribution is 7.92. The SMILES string of the molecule is CC(=O)c1cccc(N(CC(=O)N2CCc3ccccc32)S(C)(=O)=O)c1. The van der Waals surface area contributed by atoms with Crippen molar-refractivity contribution in [3.05, 3.63) is 59.7 Å². The third kappa shape index (κ3) is 3.62. The number of carbonyl (C=O) groups is 2. The molecule has 1 aliphatic rings. The number of benzene rings is 2. The molecular formula is C19H20N2O4S. The lowest BCUT2D eigenvalue weighted by molar-refractivity contribution is -0.117. The number of para-hydroxylation sites is 1. The molecule has 2 aromatic carbocycles. The molecule has 0 radical (unpaired) electrons. The first-order valence-electron chi connectivity index (χ1n) is 8.24. The topological polar surface area (TPSA) is 74.8 Å². The number of fused-ring (bicyclic) bond motifs is 1. The van der Waals surface area contributed by atoms with Crippen LogP contribution in [0.25, 0.3) is 0 Å². The van der Waals surface area contributed by atoms with E-state index in [1.165, 1.54) is 13.0 Å². The predicted octanol–water partition coefficient (Wildman–Crippen LogP) is 2.24. The molecule has 6 nitrogen and oxygen atoms in total. The molecule has 0 fully saturated rings. The number of carbonyl (C=O) groups excluding carboxylic acids is 2. The quantitative estimate of drug-likeness (QED) is 0.755. The van der Waals surface area contributed by atoms with Crippen LogP contribution < -0.4 is 9.21 Å². The Kier molecular flexibility index (Phi) is 4.82. The van der Waals surface area contributed by atoms with Crippen LogP contribution in [0.1, 0.15) is 22.8 Å². The van der Waals surface area contributed by atoms with Crippen molar-refractivity contribution in [1.82, 2.24) is 0 Å². The molecule has 0 aliphatic carbocycles. The van der Waals surface area contributed by atoms with Crippen LogP contribution in [-0.2, 0) is 21.2 Å². The maximum absolute atomic E-state index is 12.8. The number of anilines is 2. The normalized spacial score (nSPS) is 13.4. The second-order valence-electron chi connectivity index (χ2n) is 6.30. The van der Waals surface area contributed by atoms with Gasteiger partial charge in [0, 0.05) is 17.8 Å². The van der Waals surface area contributed by atoms with Gasteiger partial charge < -0.3 is 4.90 Å². The lowest BCUT2D eigenvalue weighted by Crippen LogP contribution is -2.42. The van der Waals surface area contributed by atoms with E-state index in [0.29, 0.717) is 17.8 Å². The summed E-state index contributed by atoms with van der Waals surface area (Å²) in [5.74, 6) is -0.464. The van der Waals surface area contributed by atoms with Gasteiger partial charge in [-0.05, 0) is 37.1 Å². The van der Waals surface area contributed by atoms with Gasteiger partial charge in [0.05, 0.1) is 11.9 Å². The number of hydrogen-bond acceptors (Lipinski definition) is 4. The largest absolute Gasteiger partial charge is 0.310 e. The standard InChI is InChI=1S/C19H20N2O4S/c1-14(22)16-7-5-8-17(12-16)21(26(2,24)25)13-19(23)20-11-10-15-6-3-4-9-18(15)20/h3-9,12H,10-11,13H2,1-2H3. The zero-order chi connectivity index (χ0) is 18.9. The fraction of sp³-hybridized carbons (Fsp3) is 0.263. The summed E-state index contributed by atoms with van der Waals surface area (Å²) in [4.78, 5) is 26.0. The van der Waals surface area contributed by atoms with E-state index < -0.39 is 10.0 Å². The van der Waals surface area contributed by atoms with Crippen molar-refractivity contribution in [3.63, 3.8) is 0 Å². The van der Waals surface area contributed by atoms with Gasteiger partial charge in [-0.25, -0.2) is 8.42 Å². The third-order valence-electron chi connectivity index (χ3n) is 4.41. The Morgan fingerprint density at radius 2 is 1.85 bits per heavy atom. The van der Waals surface area contributed by atoms with E-state index in [9.17, 15) is 18.0 Å². The Morgan fingerprint density at radius 1 is 1.12 bits per heavy atom. The van der Waals surface area contributed by atoms with Gasteiger partial charge in [0.1, 0.15) is 6.54 Å². The summed E-state index contributed by atoms with van der Waals surface area (Å²) in [5.41, 5.74) is 2.60. The number of nitrogens with zero attached hydrogens (tertiary/aromatic N) is 2. The fourth-order valence-corrected chi connectivity index (χ4v) is 3.93. The van der Waals surface area contributed by atoms with Gasteiger partial charge in [0.2, 0.25) is 15.9 Å². The average molecular weight is 372 g/mol. The molecule has 0 aromatic heterocycles. The Bertz CT molecular complexity index is 969. The molecule has 0 unspecified atom stereocenters. The van der Waals surface area contributed by atoms with Gasteiger partial charge in [-0.3, -0.25) is 13.9 Å². The second kappa shape index (κ2) is 6.92. The van der Waals surface area contributed by atoms with Crippen LogP contribution in [0.2, 0.25) is 0 Å². The smallest absolute Gasteiger partial charge is 0.247 e. The fourth-order valence-electron chi connectivity index (χ4n) is 3.09. The molecule has 1 aliphatic heterocycles. The van der Waals surface area contributed by atoms with E-state index in [1.54, 1.807) is 23.1 Å². The van der Waals surface area contributed by atoms with E-state index in [4.69, 9.17) is 0 Å².